The molecule has 1 aliphatic heterocycles. The number of aromatic hydroxyl groups is 1. The van der Waals surface area contributed by atoms with Gasteiger partial charge < -0.3 is 15.2 Å². The molecule has 4 rings (SSSR count). The zero-order chi connectivity index (χ0) is 20.8. The van der Waals surface area contributed by atoms with Gasteiger partial charge in [0.15, 0.2) is 5.75 Å². The van der Waals surface area contributed by atoms with Gasteiger partial charge in [-0.25, -0.2) is 0 Å². The van der Waals surface area contributed by atoms with Crippen molar-refractivity contribution in [2.24, 2.45) is 5.92 Å². The number of hydrogen-bond donors (Lipinski definition) is 2. The average Bonchev–Trinajstić information content (AvgIpc) is 2.78. The van der Waals surface area contributed by atoms with Gasteiger partial charge in [-0.05, 0) is 49.7 Å². The van der Waals surface area contributed by atoms with E-state index in [0.29, 0.717) is 36.0 Å². The molecule has 3 aromatic rings. The first-order valence-electron chi connectivity index (χ1n) is 10.2. The van der Waals surface area contributed by atoms with Gasteiger partial charge in [-0.15, -0.1) is 0 Å². The molecule has 30 heavy (non-hydrogen) atoms. The molecule has 1 amide bonds. The number of piperidine rings is 1. The van der Waals surface area contributed by atoms with Crippen molar-refractivity contribution in [1.82, 2.24) is 9.88 Å². The third-order valence-corrected chi connectivity index (χ3v) is 5.27. The van der Waals surface area contributed by atoms with Gasteiger partial charge in [-0.2, -0.15) is 0 Å². The number of pyridine rings is 1. The van der Waals surface area contributed by atoms with Gasteiger partial charge in [0.2, 0.25) is 5.91 Å². The second-order valence-electron chi connectivity index (χ2n) is 7.48. The minimum absolute atomic E-state index is 0.0146. The molecular formula is C24H25N3O3. The number of nitrogens with zero attached hydrogens (tertiary/aromatic N) is 2. The number of likely N-dealkylation sites (tertiary alicyclic amines) is 1. The van der Waals surface area contributed by atoms with Gasteiger partial charge in [0.05, 0.1) is 17.8 Å². The Kier molecular flexibility index (Phi) is 6.25. The molecule has 1 atom stereocenters. The maximum Gasteiger partial charge on any atom is 0.228 e. The fourth-order valence-corrected chi connectivity index (χ4v) is 3.73. The molecule has 1 aliphatic rings. The zero-order valence-electron chi connectivity index (χ0n) is 16.7. The summed E-state index contributed by atoms with van der Waals surface area (Å²) in [5.41, 5.74) is 1.53. The molecule has 2 heterocycles. The molecule has 6 heteroatoms. The summed E-state index contributed by atoms with van der Waals surface area (Å²) >= 11 is 0. The number of anilines is 1. The minimum atomic E-state index is -0.115. The lowest BCUT2D eigenvalue weighted by molar-refractivity contribution is -0.121. The van der Waals surface area contributed by atoms with Gasteiger partial charge >= 0.3 is 0 Å². The summed E-state index contributed by atoms with van der Waals surface area (Å²) in [6, 6.07) is 18.4. The van der Waals surface area contributed by atoms with Crippen LogP contribution in [0, 0.1) is 5.92 Å². The van der Waals surface area contributed by atoms with Crippen molar-refractivity contribution in [2.45, 2.75) is 19.4 Å². The maximum absolute atomic E-state index is 13.0. The lowest BCUT2D eigenvalue weighted by atomic mass is 9.96. The minimum Gasteiger partial charge on any atom is -0.508 e. The number of carbonyl (C=O) groups excluding carboxylic acids is 1. The molecule has 0 unspecified atom stereocenters. The molecule has 2 aromatic carbocycles. The Hall–Kier alpha value is -3.38. The van der Waals surface area contributed by atoms with E-state index in [2.05, 4.69) is 15.2 Å². The van der Waals surface area contributed by atoms with Crippen LogP contribution in [0.3, 0.4) is 0 Å². The quantitative estimate of drug-likeness (QED) is 0.637. The topological polar surface area (TPSA) is 74.7 Å². The van der Waals surface area contributed by atoms with Crippen LogP contribution in [0.5, 0.6) is 17.2 Å². The Bertz CT molecular complexity index is 994. The number of rotatable bonds is 6. The molecule has 1 saturated heterocycles. The Morgan fingerprint density at radius 1 is 1.13 bits per heavy atom. The molecule has 0 saturated carbocycles. The van der Waals surface area contributed by atoms with E-state index in [1.165, 1.54) is 0 Å². The van der Waals surface area contributed by atoms with Crippen LogP contribution >= 0.6 is 0 Å². The molecular weight excluding hydrogens is 378 g/mol. The first-order valence-corrected chi connectivity index (χ1v) is 10.2. The third kappa shape index (κ3) is 4.96. The van der Waals surface area contributed by atoms with E-state index in [-0.39, 0.29) is 11.8 Å². The smallest absolute Gasteiger partial charge is 0.228 e. The molecule has 1 fully saturated rings. The molecule has 0 bridgehead atoms. The highest BCUT2D eigenvalue weighted by atomic mass is 16.5. The van der Waals surface area contributed by atoms with Crippen molar-refractivity contribution in [3.8, 4) is 17.2 Å². The number of carbonyl (C=O) groups is 1. The highest BCUT2D eigenvalue weighted by Crippen LogP contribution is 2.30. The van der Waals surface area contributed by atoms with E-state index in [0.717, 1.165) is 24.9 Å². The lowest BCUT2D eigenvalue weighted by Gasteiger charge is -2.32. The third-order valence-electron chi connectivity index (χ3n) is 5.27. The number of phenolic OH excluding ortho intramolecular Hbond substituents is 1. The monoisotopic (exact) mass is 403 g/mol. The summed E-state index contributed by atoms with van der Waals surface area (Å²) in [7, 11) is 0. The van der Waals surface area contributed by atoms with Gasteiger partial charge in [-0.3, -0.25) is 14.7 Å². The highest BCUT2D eigenvalue weighted by Gasteiger charge is 2.26. The predicted octanol–water partition coefficient (Wildman–Crippen LogP) is 4.43. The Morgan fingerprint density at radius 3 is 2.80 bits per heavy atom. The number of amides is 1. The summed E-state index contributed by atoms with van der Waals surface area (Å²) in [5, 5.41) is 13.1. The molecule has 0 spiro atoms. The van der Waals surface area contributed by atoms with Crippen LogP contribution in [0.25, 0.3) is 0 Å². The predicted molar refractivity (Wildman–Crippen MR) is 115 cm³/mol. The second kappa shape index (κ2) is 9.41. The summed E-state index contributed by atoms with van der Waals surface area (Å²) in [4.78, 5) is 19.3. The molecule has 0 aliphatic carbocycles. The Balaban J connectivity index is 1.41. The van der Waals surface area contributed by atoms with Crippen LogP contribution < -0.4 is 10.1 Å². The van der Waals surface area contributed by atoms with Gasteiger partial charge in [0.25, 0.3) is 0 Å². The van der Waals surface area contributed by atoms with E-state index in [1.807, 2.05) is 48.5 Å². The highest BCUT2D eigenvalue weighted by molar-refractivity contribution is 5.94. The number of benzene rings is 2. The van der Waals surface area contributed by atoms with Crippen molar-refractivity contribution in [2.75, 3.05) is 18.4 Å². The SMILES string of the molecule is O=C(Nc1ccccc1Oc1cccnc1)[C@@H]1CCCN(Cc2ccccc2O)C1. The molecule has 6 nitrogen and oxygen atoms in total. The second-order valence-corrected chi connectivity index (χ2v) is 7.48. The first kappa shape index (κ1) is 19.9. The van der Waals surface area contributed by atoms with Crippen molar-refractivity contribution in [3.05, 3.63) is 78.6 Å². The van der Waals surface area contributed by atoms with Crippen LogP contribution in [0.4, 0.5) is 5.69 Å². The Labute approximate surface area is 176 Å². The molecule has 154 valence electrons. The van der Waals surface area contributed by atoms with E-state index in [4.69, 9.17) is 4.74 Å². The number of para-hydroxylation sites is 3. The molecule has 1 aromatic heterocycles. The fourth-order valence-electron chi connectivity index (χ4n) is 3.73. The van der Waals surface area contributed by atoms with Crippen molar-refractivity contribution >= 4 is 11.6 Å². The zero-order valence-corrected chi connectivity index (χ0v) is 16.7. The summed E-state index contributed by atoms with van der Waals surface area (Å²) in [5.74, 6) is 1.37. The summed E-state index contributed by atoms with van der Waals surface area (Å²) in [6.45, 7) is 2.21. The van der Waals surface area contributed by atoms with Gasteiger partial charge in [-0.1, -0.05) is 30.3 Å². The van der Waals surface area contributed by atoms with Gasteiger partial charge in [0.1, 0.15) is 11.5 Å². The number of nitrogens with one attached hydrogen (secondary N) is 1. The van der Waals surface area contributed by atoms with Crippen molar-refractivity contribution < 1.29 is 14.6 Å². The van der Waals surface area contributed by atoms with Crippen LogP contribution in [0.15, 0.2) is 73.1 Å². The number of aromatic nitrogens is 1. The molecule has 2 N–H and O–H groups in total. The van der Waals surface area contributed by atoms with Crippen LogP contribution in [0.2, 0.25) is 0 Å². The van der Waals surface area contributed by atoms with Crippen LogP contribution in [0.1, 0.15) is 18.4 Å². The summed E-state index contributed by atoms with van der Waals surface area (Å²) < 4.78 is 5.90. The lowest BCUT2D eigenvalue weighted by Crippen LogP contribution is -2.40. The first-order chi connectivity index (χ1) is 14.7. The number of ether oxygens (including phenoxy) is 1. The van der Waals surface area contributed by atoms with E-state index >= 15 is 0 Å². The number of hydrogen-bond acceptors (Lipinski definition) is 5. The average molecular weight is 403 g/mol. The molecule has 0 radical (unpaired) electrons. The fraction of sp³-hybridized carbons (Fsp3) is 0.250. The van der Waals surface area contributed by atoms with Crippen LogP contribution in [-0.2, 0) is 11.3 Å². The van der Waals surface area contributed by atoms with Gasteiger partial charge in [0, 0.05) is 24.8 Å². The normalized spacial score (nSPS) is 16.7. The largest absolute Gasteiger partial charge is 0.508 e. The van der Waals surface area contributed by atoms with Crippen molar-refractivity contribution in [3.63, 3.8) is 0 Å². The van der Waals surface area contributed by atoms with E-state index in [1.54, 1.807) is 24.5 Å². The van der Waals surface area contributed by atoms with Crippen molar-refractivity contribution in [1.29, 1.82) is 0 Å². The van der Waals surface area contributed by atoms with E-state index < -0.39 is 0 Å². The number of phenols is 1. The standard InChI is InChI=1S/C24H25N3O3/c28-22-11-3-1-7-18(22)16-27-14-6-8-19(17-27)24(29)26-21-10-2-4-12-23(21)30-20-9-5-13-25-15-20/h1-5,7,9-13,15,19,28H,6,8,14,16-17H2,(H,26,29)/t19-/m1/s1. The van der Waals surface area contributed by atoms with Crippen LogP contribution in [-0.4, -0.2) is 34.0 Å². The van der Waals surface area contributed by atoms with E-state index in [9.17, 15) is 9.90 Å². The maximum atomic E-state index is 13.0. The summed E-state index contributed by atoms with van der Waals surface area (Å²) in [6.07, 6.45) is 5.11. The Morgan fingerprint density at radius 2 is 1.97 bits per heavy atom.